The van der Waals surface area contributed by atoms with E-state index in [0.717, 1.165) is 0 Å². The fraction of sp³-hybridized carbons (Fsp3) is 0.0800. The Labute approximate surface area is 206 Å². The average molecular weight is 496 g/mol. The monoisotopic (exact) mass is 495 g/mol. The number of anilines is 2. The zero-order valence-electron chi connectivity index (χ0n) is 18.0. The number of benzene rings is 3. The minimum Gasteiger partial charge on any atom is -0.497 e. The first-order chi connectivity index (χ1) is 16.4. The Kier molecular flexibility index (Phi) is 8.52. The van der Waals surface area contributed by atoms with Crippen molar-refractivity contribution in [2.24, 2.45) is 0 Å². The summed E-state index contributed by atoms with van der Waals surface area (Å²) in [6, 6.07) is 20.0. The van der Waals surface area contributed by atoms with E-state index < -0.39 is 5.91 Å². The summed E-state index contributed by atoms with van der Waals surface area (Å²) in [6.07, 6.45) is 1.46. The van der Waals surface area contributed by atoms with Crippen LogP contribution in [0.3, 0.4) is 0 Å². The fourth-order valence-corrected chi connectivity index (χ4v) is 3.07. The number of rotatable bonds is 8. The molecule has 0 aliphatic rings. The lowest BCUT2D eigenvalue weighted by Gasteiger charge is -2.09. The first-order valence-corrected chi connectivity index (χ1v) is 10.7. The van der Waals surface area contributed by atoms with Crippen molar-refractivity contribution in [2.75, 3.05) is 24.4 Å². The molecule has 3 rings (SSSR count). The van der Waals surface area contributed by atoms with E-state index in [2.05, 4.69) is 10.6 Å². The largest absolute Gasteiger partial charge is 0.497 e. The number of hydrogen-bond donors (Lipinski definition) is 2. The molecule has 3 aromatic carbocycles. The first kappa shape index (κ1) is 24.6. The Morgan fingerprint density at radius 2 is 1.56 bits per heavy atom. The van der Waals surface area contributed by atoms with E-state index >= 15 is 0 Å². The number of carbonyl (C=O) groups excluding carboxylic acids is 2. The zero-order chi connectivity index (χ0) is 24.5. The number of nitriles is 1. The van der Waals surface area contributed by atoms with Crippen molar-refractivity contribution in [3.05, 3.63) is 87.9 Å². The van der Waals surface area contributed by atoms with Crippen molar-refractivity contribution in [1.29, 1.82) is 5.26 Å². The fourth-order valence-electron chi connectivity index (χ4n) is 2.77. The van der Waals surface area contributed by atoms with Crippen LogP contribution in [-0.4, -0.2) is 25.5 Å². The number of nitrogens with zero attached hydrogens (tertiary/aromatic N) is 1. The minimum atomic E-state index is -0.535. The molecule has 9 heteroatoms. The number of carbonyl (C=O) groups is 2. The first-order valence-electron chi connectivity index (χ1n) is 9.93. The lowest BCUT2D eigenvalue weighted by atomic mass is 10.1. The second-order valence-electron chi connectivity index (χ2n) is 6.89. The molecule has 172 valence electrons. The van der Waals surface area contributed by atoms with E-state index in [4.69, 9.17) is 32.7 Å². The second kappa shape index (κ2) is 11.8. The summed E-state index contributed by atoms with van der Waals surface area (Å²) in [7, 11) is 1.55. The molecule has 34 heavy (non-hydrogen) atoms. The van der Waals surface area contributed by atoms with E-state index in [9.17, 15) is 14.9 Å². The van der Waals surface area contributed by atoms with E-state index in [0.29, 0.717) is 38.5 Å². The van der Waals surface area contributed by atoms with E-state index in [1.165, 1.54) is 6.08 Å². The molecular weight excluding hydrogens is 477 g/mol. The van der Waals surface area contributed by atoms with Crippen molar-refractivity contribution in [2.45, 2.75) is 0 Å². The standard InChI is InChI=1S/C25H19Cl2N3O4/c1-33-20-9-4-18(5-10-20)30-25(32)17(14-28)12-16-2-7-21(8-3-16)34-15-24(31)29-19-6-11-22(26)23(27)13-19/h2-13H,15H2,1H3,(H,29,31)(H,30,32)/b17-12+. The quantitative estimate of drug-likeness (QED) is 0.314. The molecule has 0 aliphatic heterocycles. The number of amides is 2. The maximum atomic E-state index is 12.4. The van der Waals surface area contributed by atoms with Crippen LogP contribution in [0.1, 0.15) is 5.56 Å². The van der Waals surface area contributed by atoms with Crippen LogP contribution in [0.5, 0.6) is 11.5 Å². The highest BCUT2D eigenvalue weighted by Crippen LogP contribution is 2.25. The summed E-state index contributed by atoms with van der Waals surface area (Å²) in [4.78, 5) is 24.5. The lowest BCUT2D eigenvalue weighted by molar-refractivity contribution is -0.118. The molecule has 3 aromatic rings. The van der Waals surface area contributed by atoms with Crippen LogP contribution in [0, 0.1) is 11.3 Å². The molecule has 0 atom stereocenters. The molecule has 0 fully saturated rings. The van der Waals surface area contributed by atoms with Crippen LogP contribution in [-0.2, 0) is 9.59 Å². The molecule has 0 spiro atoms. The van der Waals surface area contributed by atoms with Crippen molar-refractivity contribution in [1.82, 2.24) is 0 Å². The van der Waals surface area contributed by atoms with Gasteiger partial charge in [0.1, 0.15) is 23.1 Å². The molecule has 0 unspecified atom stereocenters. The molecule has 0 saturated heterocycles. The van der Waals surface area contributed by atoms with Crippen LogP contribution in [0.2, 0.25) is 10.0 Å². The Bertz CT molecular complexity index is 1250. The molecule has 2 amide bonds. The number of ether oxygens (including phenoxy) is 2. The molecule has 0 aromatic heterocycles. The minimum absolute atomic E-state index is 0.0644. The highest BCUT2D eigenvalue weighted by molar-refractivity contribution is 6.42. The smallest absolute Gasteiger partial charge is 0.266 e. The Morgan fingerprint density at radius 1 is 0.912 bits per heavy atom. The predicted octanol–water partition coefficient (Wildman–Crippen LogP) is 5.57. The summed E-state index contributed by atoms with van der Waals surface area (Å²) in [5, 5.41) is 15.4. The second-order valence-corrected chi connectivity index (χ2v) is 7.70. The van der Waals surface area contributed by atoms with Crippen LogP contribution in [0.4, 0.5) is 11.4 Å². The van der Waals surface area contributed by atoms with Gasteiger partial charge in [0.05, 0.1) is 17.2 Å². The van der Waals surface area contributed by atoms with Crippen LogP contribution < -0.4 is 20.1 Å². The topological polar surface area (TPSA) is 100 Å². The molecular formula is C25H19Cl2N3O4. The van der Waals surface area contributed by atoms with Gasteiger partial charge in [-0.1, -0.05) is 35.3 Å². The Hall–Kier alpha value is -3.99. The summed E-state index contributed by atoms with van der Waals surface area (Å²) >= 11 is 11.8. The number of nitrogens with one attached hydrogen (secondary N) is 2. The SMILES string of the molecule is COc1ccc(NC(=O)/C(C#N)=C/c2ccc(OCC(=O)Nc3ccc(Cl)c(Cl)c3)cc2)cc1. The van der Waals surface area contributed by atoms with Crippen LogP contribution >= 0.6 is 23.2 Å². The molecule has 0 radical (unpaired) electrons. The van der Waals surface area contributed by atoms with Gasteiger partial charge in [-0.05, 0) is 66.2 Å². The maximum Gasteiger partial charge on any atom is 0.266 e. The van der Waals surface area contributed by atoms with Gasteiger partial charge in [-0.2, -0.15) is 5.26 Å². The normalized spacial score (nSPS) is 10.7. The van der Waals surface area contributed by atoms with Crippen molar-refractivity contribution in [3.63, 3.8) is 0 Å². The van der Waals surface area contributed by atoms with Crippen molar-refractivity contribution < 1.29 is 19.1 Å². The average Bonchev–Trinajstić information content (AvgIpc) is 2.84. The van der Waals surface area contributed by atoms with Gasteiger partial charge in [-0.25, -0.2) is 0 Å². The van der Waals surface area contributed by atoms with E-state index in [1.54, 1.807) is 73.8 Å². The zero-order valence-corrected chi connectivity index (χ0v) is 19.5. The number of hydrogen-bond acceptors (Lipinski definition) is 5. The molecule has 0 bridgehead atoms. The number of methoxy groups -OCH3 is 1. The molecule has 7 nitrogen and oxygen atoms in total. The molecule has 0 saturated carbocycles. The molecule has 0 aliphatic carbocycles. The molecule has 2 N–H and O–H groups in total. The third kappa shape index (κ3) is 7.01. The van der Waals surface area contributed by atoms with Crippen molar-refractivity contribution in [3.8, 4) is 17.6 Å². The predicted molar refractivity (Wildman–Crippen MR) is 132 cm³/mol. The van der Waals surface area contributed by atoms with Gasteiger partial charge in [-0.15, -0.1) is 0 Å². The lowest BCUT2D eigenvalue weighted by Crippen LogP contribution is -2.20. The Balaban J connectivity index is 1.56. The summed E-state index contributed by atoms with van der Waals surface area (Å²) < 4.78 is 10.6. The third-order valence-electron chi connectivity index (χ3n) is 4.48. The van der Waals surface area contributed by atoms with Gasteiger partial charge in [-0.3, -0.25) is 9.59 Å². The highest BCUT2D eigenvalue weighted by atomic mass is 35.5. The van der Waals surface area contributed by atoms with E-state index in [-0.39, 0.29) is 18.1 Å². The summed E-state index contributed by atoms with van der Waals surface area (Å²) in [5.74, 6) is 0.196. The van der Waals surface area contributed by atoms with Gasteiger partial charge >= 0.3 is 0 Å². The Morgan fingerprint density at radius 3 is 2.18 bits per heavy atom. The van der Waals surface area contributed by atoms with Gasteiger partial charge in [0.25, 0.3) is 11.8 Å². The summed E-state index contributed by atoms with van der Waals surface area (Å²) in [6.45, 7) is -0.219. The molecule has 0 heterocycles. The highest BCUT2D eigenvalue weighted by Gasteiger charge is 2.10. The van der Waals surface area contributed by atoms with Gasteiger partial charge in [0.15, 0.2) is 6.61 Å². The van der Waals surface area contributed by atoms with E-state index in [1.807, 2.05) is 6.07 Å². The number of halogens is 2. The maximum absolute atomic E-state index is 12.4. The van der Waals surface area contributed by atoms with Gasteiger partial charge in [0, 0.05) is 11.4 Å². The van der Waals surface area contributed by atoms with Crippen LogP contribution in [0.25, 0.3) is 6.08 Å². The van der Waals surface area contributed by atoms with Crippen molar-refractivity contribution >= 4 is 52.5 Å². The third-order valence-corrected chi connectivity index (χ3v) is 5.22. The van der Waals surface area contributed by atoms with Crippen LogP contribution in [0.15, 0.2) is 72.3 Å². The van der Waals surface area contributed by atoms with Gasteiger partial charge < -0.3 is 20.1 Å². The summed E-state index contributed by atoms with van der Waals surface area (Å²) in [5.41, 5.74) is 1.59. The van der Waals surface area contributed by atoms with Gasteiger partial charge in [0.2, 0.25) is 0 Å².